The van der Waals surface area contributed by atoms with Gasteiger partial charge in [0.1, 0.15) is 6.20 Å². The van der Waals surface area contributed by atoms with Gasteiger partial charge in [-0.3, -0.25) is 20.5 Å². The van der Waals surface area contributed by atoms with Gasteiger partial charge in [-0.25, -0.2) is 10.8 Å². The summed E-state index contributed by atoms with van der Waals surface area (Å²) in [7, 11) is 0. The predicted octanol–water partition coefficient (Wildman–Crippen LogP) is 0.720. The van der Waals surface area contributed by atoms with Gasteiger partial charge in [0.15, 0.2) is 0 Å². The van der Waals surface area contributed by atoms with E-state index in [1.807, 2.05) is 18.2 Å². The summed E-state index contributed by atoms with van der Waals surface area (Å²) in [5.74, 6) is 5.41. The minimum absolute atomic E-state index is 0.107. The second-order valence-corrected chi connectivity index (χ2v) is 3.83. The van der Waals surface area contributed by atoms with Gasteiger partial charge >= 0.3 is 5.69 Å². The highest BCUT2D eigenvalue weighted by atomic mass is 16.6. The number of hydrazine groups is 1. The molecule has 2 aromatic rings. The van der Waals surface area contributed by atoms with Crippen LogP contribution in [0.1, 0.15) is 5.69 Å². The molecular weight excluding hydrogens is 262 g/mol. The molecule has 0 spiro atoms. The van der Waals surface area contributed by atoms with Gasteiger partial charge in [0.25, 0.3) is 0 Å². The van der Waals surface area contributed by atoms with Gasteiger partial charge in [0.05, 0.1) is 4.92 Å². The van der Waals surface area contributed by atoms with Crippen LogP contribution in [0.3, 0.4) is 0 Å². The minimum Gasteiger partial charge on any atom is -0.364 e. The van der Waals surface area contributed by atoms with E-state index in [9.17, 15) is 10.1 Å². The first-order valence-electron chi connectivity index (χ1n) is 5.82. The Morgan fingerprint density at radius 1 is 1.35 bits per heavy atom. The molecule has 0 radical (unpaired) electrons. The van der Waals surface area contributed by atoms with E-state index in [4.69, 9.17) is 5.84 Å². The molecule has 2 aromatic heterocycles. The van der Waals surface area contributed by atoms with Crippen LogP contribution in [0.2, 0.25) is 0 Å². The minimum atomic E-state index is -0.552. The lowest BCUT2D eigenvalue weighted by atomic mass is 10.3. The van der Waals surface area contributed by atoms with Crippen LogP contribution < -0.4 is 16.6 Å². The molecule has 0 bridgehead atoms. The third-order valence-electron chi connectivity index (χ3n) is 2.49. The molecule has 0 amide bonds. The van der Waals surface area contributed by atoms with Crippen molar-refractivity contribution in [3.63, 3.8) is 0 Å². The van der Waals surface area contributed by atoms with E-state index < -0.39 is 4.92 Å². The van der Waals surface area contributed by atoms with Crippen molar-refractivity contribution in [1.82, 2.24) is 15.0 Å². The lowest BCUT2D eigenvalue weighted by Crippen LogP contribution is -2.14. The van der Waals surface area contributed by atoms with Gasteiger partial charge in [-0.15, -0.1) is 0 Å². The smallest absolute Gasteiger partial charge is 0.329 e. The van der Waals surface area contributed by atoms with Gasteiger partial charge in [-0.1, -0.05) is 6.07 Å². The quantitative estimate of drug-likeness (QED) is 0.399. The van der Waals surface area contributed by atoms with Crippen molar-refractivity contribution in [2.75, 3.05) is 17.3 Å². The first kappa shape index (κ1) is 13.6. The summed E-state index contributed by atoms with van der Waals surface area (Å²) in [6.07, 6.45) is 3.41. The fourth-order valence-electron chi connectivity index (χ4n) is 1.56. The lowest BCUT2D eigenvalue weighted by molar-refractivity contribution is -0.384. The van der Waals surface area contributed by atoms with E-state index in [-0.39, 0.29) is 17.5 Å². The van der Waals surface area contributed by atoms with Crippen LogP contribution in [0.5, 0.6) is 0 Å². The van der Waals surface area contributed by atoms with E-state index in [2.05, 4.69) is 25.7 Å². The Kier molecular flexibility index (Phi) is 4.35. The van der Waals surface area contributed by atoms with E-state index in [0.29, 0.717) is 13.0 Å². The average molecular weight is 275 g/mol. The van der Waals surface area contributed by atoms with Gasteiger partial charge in [-0.05, 0) is 12.1 Å². The van der Waals surface area contributed by atoms with E-state index in [1.54, 1.807) is 6.20 Å². The number of nitrogen functional groups attached to an aromatic ring is 1. The number of hydrogen-bond donors (Lipinski definition) is 3. The third kappa shape index (κ3) is 3.36. The van der Waals surface area contributed by atoms with Gasteiger partial charge in [0.2, 0.25) is 11.8 Å². The number of rotatable bonds is 6. The molecule has 0 atom stereocenters. The number of nitro groups is 1. The topological polar surface area (TPSA) is 132 Å². The molecule has 104 valence electrons. The maximum absolute atomic E-state index is 10.9. The molecule has 0 saturated heterocycles. The Morgan fingerprint density at radius 3 is 2.85 bits per heavy atom. The molecule has 9 heteroatoms. The maximum atomic E-state index is 10.9. The summed E-state index contributed by atoms with van der Waals surface area (Å²) in [6, 6.07) is 5.58. The highest BCUT2D eigenvalue weighted by molar-refractivity contribution is 5.56. The third-order valence-corrected chi connectivity index (χ3v) is 2.49. The van der Waals surface area contributed by atoms with Gasteiger partial charge in [-0.2, -0.15) is 4.98 Å². The zero-order valence-electron chi connectivity index (χ0n) is 10.5. The molecule has 4 N–H and O–H groups in total. The molecule has 20 heavy (non-hydrogen) atoms. The molecule has 0 fully saturated rings. The molecule has 0 aliphatic carbocycles. The normalized spacial score (nSPS) is 10.1. The highest BCUT2D eigenvalue weighted by Crippen LogP contribution is 2.21. The van der Waals surface area contributed by atoms with Crippen molar-refractivity contribution in [3.05, 3.63) is 46.4 Å². The van der Waals surface area contributed by atoms with E-state index >= 15 is 0 Å². The van der Waals surface area contributed by atoms with Crippen molar-refractivity contribution in [1.29, 1.82) is 0 Å². The van der Waals surface area contributed by atoms with Crippen molar-refractivity contribution >= 4 is 17.5 Å². The fourth-order valence-corrected chi connectivity index (χ4v) is 1.56. The summed E-state index contributed by atoms with van der Waals surface area (Å²) in [4.78, 5) is 22.1. The average Bonchev–Trinajstić information content (AvgIpc) is 2.48. The Balaban J connectivity index is 2.06. The Bertz CT molecular complexity index is 591. The zero-order valence-corrected chi connectivity index (χ0v) is 10.5. The molecule has 2 rings (SSSR count). The van der Waals surface area contributed by atoms with Crippen LogP contribution in [-0.4, -0.2) is 26.4 Å². The number of hydrogen-bond acceptors (Lipinski definition) is 8. The predicted molar refractivity (Wildman–Crippen MR) is 72.9 cm³/mol. The summed E-state index contributed by atoms with van der Waals surface area (Å²) in [5.41, 5.74) is 2.92. The number of nitrogens with one attached hydrogen (secondary N) is 2. The molecule has 0 saturated carbocycles. The number of nitrogens with zero attached hydrogens (tertiary/aromatic N) is 4. The molecule has 0 aliphatic rings. The highest BCUT2D eigenvalue weighted by Gasteiger charge is 2.16. The SMILES string of the molecule is NNc1ncc([N+](=O)[O-])c(NCCc2ccccn2)n1. The molecular formula is C11H13N7O2. The fraction of sp³-hybridized carbons (Fsp3) is 0.182. The van der Waals surface area contributed by atoms with Crippen LogP contribution in [0, 0.1) is 10.1 Å². The lowest BCUT2D eigenvalue weighted by Gasteiger charge is -2.07. The van der Waals surface area contributed by atoms with Crippen molar-refractivity contribution in [3.8, 4) is 0 Å². The summed E-state index contributed by atoms with van der Waals surface area (Å²) < 4.78 is 0. The number of aromatic nitrogens is 3. The van der Waals surface area contributed by atoms with Crippen LogP contribution >= 0.6 is 0 Å². The number of nitrogens with two attached hydrogens (primary N) is 1. The van der Waals surface area contributed by atoms with Gasteiger partial charge in [0, 0.05) is 24.9 Å². The molecule has 0 aliphatic heterocycles. The summed E-state index contributed by atoms with van der Waals surface area (Å²) in [5, 5.41) is 13.8. The monoisotopic (exact) mass is 275 g/mol. The Morgan fingerprint density at radius 2 is 2.20 bits per heavy atom. The van der Waals surface area contributed by atoms with E-state index in [0.717, 1.165) is 11.9 Å². The standard InChI is InChI=1S/C11H13N7O2/c12-17-11-15-7-9(18(19)20)10(16-11)14-6-4-8-3-1-2-5-13-8/h1-3,5,7H,4,6,12H2,(H2,14,15,16,17). The number of pyridine rings is 1. The summed E-state index contributed by atoms with van der Waals surface area (Å²) >= 11 is 0. The summed E-state index contributed by atoms with van der Waals surface area (Å²) in [6.45, 7) is 0.457. The van der Waals surface area contributed by atoms with Gasteiger partial charge < -0.3 is 5.32 Å². The molecule has 9 nitrogen and oxygen atoms in total. The van der Waals surface area contributed by atoms with Crippen LogP contribution in [0.25, 0.3) is 0 Å². The van der Waals surface area contributed by atoms with Crippen molar-refractivity contribution in [2.45, 2.75) is 6.42 Å². The second kappa shape index (κ2) is 6.38. The van der Waals surface area contributed by atoms with Crippen molar-refractivity contribution < 1.29 is 4.92 Å². The molecule has 2 heterocycles. The second-order valence-electron chi connectivity index (χ2n) is 3.83. The van der Waals surface area contributed by atoms with Crippen LogP contribution in [0.4, 0.5) is 17.5 Å². The zero-order chi connectivity index (χ0) is 14.4. The molecule has 0 aromatic carbocycles. The van der Waals surface area contributed by atoms with Crippen LogP contribution in [0.15, 0.2) is 30.6 Å². The van der Waals surface area contributed by atoms with Crippen LogP contribution in [-0.2, 0) is 6.42 Å². The molecule has 0 unspecified atom stereocenters. The number of anilines is 2. The first-order valence-corrected chi connectivity index (χ1v) is 5.82. The Hall–Kier alpha value is -2.81. The maximum Gasteiger partial charge on any atom is 0.329 e. The Labute approximate surface area is 114 Å². The van der Waals surface area contributed by atoms with Crippen molar-refractivity contribution in [2.24, 2.45) is 5.84 Å². The largest absolute Gasteiger partial charge is 0.364 e. The van der Waals surface area contributed by atoms with E-state index in [1.165, 1.54) is 0 Å². The first-order chi connectivity index (χ1) is 9.70.